The van der Waals surface area contributed by atoms with Crippen molar-refractivity contribution in [3.05, 3.63) is 96.2 Å². The van der Waals surface area contributed by atoms with E-state index >= 15 is 0 Å². The van der Waals surface area contributed by atoms with Crippen molar-refractivity contribution in [2.45, 2.75) is 4.90 Å². The van der Waals surface area contributed by atoms with Gasteiger partial charge in [-0.3, -0.25) is 9.59 Å². The minimum Gasteiger partial charge on any atom is -0.369 e. The van der Waals surface area contributed by atoms with Crippen LogP contribution in [0.2, 0.25) is 0 Å². The van der Waals surface area contributed by atoms with Gasteiger partial charge in [-0.25, -0.2) is 18.4 Å². The van der Waals surface area contributed by atoms with Gasteiger partial charge < -0.3 is 20.9 Å². The van der Waals surface area contributed by atoms with E-state index in [2.05, 4.69) is 25.9 Å². The third kappa shape index (κ3) is 7.28. The first-order chi connectivity index (χ1) is 19.1. The van der Waals surface area contributed by atoms with Gasteiger partial charge in [0.1, 0.15) is 11.5 Å². The van der Waals surface area contributed by atoms with Gasteiger partial charge in [0, 0.05) is 31.0 Å². The Morgan fingerprint density at radius 1 is 0.800 bits per heavy atom. The van der Waals surface area contributed by atoms with Gasteiger partial charge in [0.25, 0.3) is 11.8 Å². The number of carbonyl (C=O) groups excluding carboxylic acids is 2. The standard InChI is InChI=1S/C29H30N6O4S/c1-35(2)18-17-30-26-19-24(31-27(34-26)20-11-5-4-6-12-20)29(37)32-22-14-8-7-13-21(22)28(36)33-23-15-9-10-16-25(23)40(3,38)39/h4-16,19H,17-18H2,1-3H3,(H,32,37)(H,33,36)(H,30,31,34). The smallest absolute Gasteiger partial charge is 0.274 e. The zero-order chi connectivity index (χ0) is 28.7. The number of hydrogen-bond donors (Lipinski definition) is 3. The molecule has 0 fully saturated rings. The van der Waals surface area contributed by atoms with Crippen LogP contribution in [0.3, 0.4) is 0 Å². The Kier molecular flexibility index (Phi) is 8.87. The summed E-state index contributed by atoms with van der Waals surface area (Å²) < 4.78 is 24.3. The van der Waals surface area contributed by atoms with Crippen LogP contribution in [0.15, 0.2) is 89.8 Å². The Morgan fingerprint density at radius 2 is 1.43 bits per heavy atom. The van der Waals surface area contributed by atoms with Crippen LogP contribution >= 0.6 is 0 Å². The van der Waals surface area contributed by atoms with Gasteiger partial charge in [0.15, 0.2) is 15.7 Å². The van der Waals surface area contributed by atoms with E-state index in [-0.39, 0.29) is 27.5 Å². The van der Waals surface area contributed by atoms with E-state index in [1.54, 1.807) is 36.4 Å². The van der Waals surface area contributed by atoms with Crippen LogP contribution in [0.4, 0.5) is 17.2 Å². The zero-order valence-electron chi connectivity index (χ0n) is 22.4. The summed E-state index contributed by atoms with van der Waals surface area (Å²) in [6.45, 7) is 1.37. The summed E-state index contributed by atoms with van der Waals surface area (Å²) in [5.74, 6) is -0.244. The third-order valence-corrected chi connectivity index (χ3v) is 6.97. The van der Waals surface area contributed by atoms with Gasteiger partial charge in [-0.1, -0.05) is 54.6 Å². The molecule has 0 unspecified atom stereocenters. The second kappa shape index (κ2) is 12.5. The van der Waals surface area contributed by atoms with Crippen molar-refractivity contribution in [2.24, 2.45) is 0 Å². The summed E-state index contributed by atoms with van der Waals surface area (Å²) in [5.41, 5.74) is 1.40. The number of anilines is 3. The summed E-state index contributed by atoms with van der Waals surface area (Å²) in [6.07, 6.45) is 1.07. The monoisotopic (exact) mass is 558 g/mol. The molecule has 4 rings (SSSR count). The van der Waals surface area contributed by atoms with E-state index in [0.29, 0.717) is 18.2 Å². The Labute approximate surface area is 233 Å². The topological polar surface area (TPSA) is 133 Å². The second-order valence-corrected chi connectivity index (χ2v) is 11.3. The quantitative estimate of drug-likeness (QED) is 0.266. The molecule has 3 N–H and O–H groups in total. The van der Waals surface area contributed by atoms with E-state index in [0.717, 1.165) is 18.4 Å². The van der Waals surface area contributed by atoms with Crippen LogP contribution in [-0.2, 0) is 9.84 Å². The van der Waals surface area contributed by atoms with Crippen molar-refractivity contribution in [1.29, 1.82) is 0 Å². The summed E-state index contributed by atoms with van der Waals surface area (Å²) in [5, 5.41) is 8.66. The largest absolute Gasteiger partial charge is 0.369 e. The van der Waals surface area contributed by atoms with Crippen LogP contribution in [-0.4, -0.2) is 68.5 Å². The molecule has 0 bridgehead atoms. The van der Waals surface area contributed by atoms with Gasteiger partial charge in [0.05, 0.1) is 21.8 Å². The average Bonchev–Trinajstić information content (AvgIpc) is 2.93. The highest BCUT2D eigenvalue weighted by atomic mass is 32.2. The number of nitrogens with zero attached hydrogens (tertiary/aromatic N) is 3. The number of para-hydroxylation sites is 2. The molecule has 11 heteroatoms. The molecule has 0 aliphatic heterocycles. The number of rotatable bonds is 10. The predicted octanol–water partition coefficient (Wildman–Crippen LogP) is 4.03. The van der Waals surface area contributed by atoms with Gasteiger partial charge in [0.2, 0.25) is 0 Å². The van der Waals surface area contributed by atoms with Crippen molar-refractivity contribution in [2.75, 3.05) is 49.4 Å². The Morgan fingerprint density at radius 3 is 2.12 bits per heavy atom. The van der Waals surface area contributed by atoms with E-state index in [9.17, 15) is 18.0 Å². The van der Waals surface area contributed by atoms with E-state index < -0.39 is 21.7 Å². The van der Waals surface area contributed by atoms with Crippen molar-refractivity contribution < 1.29 is 18.0 Å². The summed E-state index contributed by atoms with van der Waals surface area (Å²) >= 11 is 0. The lowest BCUT2D eigenvalue weighted by Gasteiger charge is -2.14. The molecule has 0 saturated heterocycles. The normalized spacial score (nSPS) is 11.2. The van der Waals surface area contributed by atoms with Crippen molar-refractivity contribution in [3.63, 3.8) is 0 Å². The number of sulfone groups is 1. The van der Waals surface area contributed by atoms with Crippen LogP contribution < -0.4 is 16.0 Å². The van der Waals surface area contributed by atoms with Crippen LogP contribution in [0, 0.1) is 0 Å². The average molecular weight is 559 g/mol. The van der Waals surface area contributed by atoms with Crippen molar-refractivity contribution >= 4 is 38.8 Å². The fraction of sp³-hybridized carbons (Fsp3) is 0.172. The minimum absolute atomic E-state index is 0.00594. The van der Waals surface area contributed by atoms with Gasteiger partial charge in [-0.2, -0.15) is 0 Å². The van der Waals surface area contributed by atoms with Crippen molar-refractivity contribution in [3.8, 4) is 11.4 Å². The Hall–Kier alpha value is -4.61. The van der Waals surface area contributed by atoms with E-state index in [1.807, 2.05) is 49.3 Å². The maximum atomic E-state index is 13.4. The summed E-state index contributed by atoms with van der Waals surface area (Å²) in [7, 11) is 0.347. The predicted molar refractivity (Wildman–Crippen MR) is 156 cm³/mol. The van der Waals surface area contributed by atoms with Gasteiger partial charge in [-0.15, -0.1) is 0 Å². The molecule has 2 amide bonds. The first kappa shape index (κ1) is 28.4. The number of likely N-dealkylation sites (N-methyl/N-ethyl adjacent to an activating group) is 1. The number of benzene rings is 3. The molecular formula is C29H30N6O4S. The molecule has 0 aliphatic rings. The van der Waals surface area contributed by atoms with Crippen LogP contribution in [0.25, 0.3) is 11.4 Å². The maximum Gasteiger partial charge on any atom is 0.274 e. The number of amides is 2. The maximum absolute atomic E-state index is 13.4. The first-order valence-corrected chi connectivity index (χ1v) is 14.3. The number of carbonyl (C=O) groups is 2. The molecule has 1 aromatic heterocycles. The lowest BCUT2D eigenvalue weighted by molar-refractivity contribution is 0.102. The van der Waals surface area contributed by atoms with Crippen LogP contribution in [0.1, 0.15) is 20.8 Å². The number of nitrogens with one attached hydrogen (secondary N) is 3. The molecule has 1 heterocycles. The highest BCUT2D eigenvalue weighted by molar-refractivity contribution is 7.90. The minimum atomic E-state index is -3.58. The molecule has 0 saturated carbocycles. The fourth-order valence-corrected chi connectivity index (χ4v) is 4.68. The number of hydrogen-bond acceptors (Lipinski definition) is 8. The lowest BCUT2D eigenvalue weighted by Crippen LogP contribution is -2.22. The molecular weight excluding hydrogens is 528 g/mol. The SMILES string of the molecule is CN(C)CCNc1cc(C(=O)Nc2ccccc2C(=O)Nc2ccccc2S(C)(=O)=O)nc(-c2ccccc2)n1. The summed E-state index contributed by atoms with van der Waals surface area (Å²) in [4.78, 5) is 37.7. The second-order valence-electron chi connectivity index (χ2n) is 9.28. The molecule has 4 aromatic rings. The third-order valence-electron chi connectivity index (χ3n) is 5.81. The number of aromatic nitrogens is 2. The molecule has 0 atom stereocenters. The highest BCUT2D eigenvalue weighted by Crippen LogP contribution is 2.24. The van der Waals surface area contributed by atoms with E-state index in [1.165, 1.54) is 18.2 Å². The summed E-state index contributed by atoms with van der Waals surface area (Å²) in [6, 6.07) is 23.5. The van der Waals surface area contributed by atoms with Gasteiger partial charge in [-0.05, 0) is 38.4 Å². The first-order valence-electron chi connectivity index (χ1n) is 12.5. The lowest BCUT2D eigenvalue weighted by atomic mass is 10.1. The van der Waals surface area contributed by atoms with E-state index in [4.69, 9.17) is 0 Å². The fourth-order valence-electron chi connectivity index (χ4n) is 3.84. The van der Waals surface area contributed by atoms with Crippen LogP contribution in [0.5, 0.6) is 0 Å². The zero-order valence-corrected chi connectivity index (χ0v) is 23.2. The molecule has 0 radical (unpaired) electrons. The highest BCUT2D eigenvalue weighted by Gasteiger charge is 2.20. The van der Waals surface area contributed by atoms with Gasteiger partial charge >= 0.3 is 0 Å². The molecule has 3 aromatic carbocycles. The molecule has 0 aliphatic carbocycles. The molecule has 40 heavy (non-hydrogen) atoms. The molecule has 10 nitrogen and oxygen atoms in total. The van der Waals surface area contributed by atoms with Crippen molar-refractivity contribution in [1.82, 2.24) is 14.9 Å². The molecule has 206 valence electrons. The Bertz CT molecular complexity index is 1620. The Balaban J connectivity index is 1.62. The molecule has 0 spiro atoms.